The van der Waals surface area contributed by atoms with Crippen molar-refractivity contribution in [1.29, 1.82) is 0 Å². The van der Waals surface area contributed by atoms with Gasteiger partial charge in [-0.25, -0.2) is 0 Å². The number of hydrogen-bond donors (Lipinski definition) is 1. The van der Waals surface area contributed by atoms with Crippen LogP contribution in [0.1, 0.15) is 26.7 Å². The van der Waals surface area contributed by atoms with Crippen molar-refractivity contribution < 1.29 is 14.6 Å². The molecule has 2 unspecified atom stereocenters. The molecule has 16 heavy (non-hydrogen) atoms. The molecule has 0 bridgehead atoms. The van der Waals surface area contributed by atoms with Crippen LogP contribution in [0.3, 0.4) is 0 Å². The molecule has 0 rings (SSSR count). The first-order valence-electron chi connectivity index (χ1n) is 5.79. The summed E-state index contributed by atoms with van der Waals surface area (Å²) in [5.74, 6) is 0. The fourth-order valence-corrected chi connectivity index (χ4v) is 2.03. The van der Waals surface area contributed by atoms with Crippen molar-refractivity contribution in [2.45, 2.75) is 32.8 Å². The molecule has 0 aliphatic heterocycles. The molecule has 0 saturated carbocycles. The van der Waals surface area contributed by atoms with E-state index in [1.165, 1.54) is 0 Å². The molecule has 0 aromatic heterocycles. The first-order valence-corrected chi connectivity index (χ1v) is 5.79. The SMILES string of the molecule is CCCC(C)(C=O)CN(C)CC(O)COC. The van der Waals surface area contributed by atoms with Crippen LogP contribution in [0.4, 0.5) is 0 Å². The van der Waals surface area contributed by atoms with Crippen LogP contribution in [0.15, 0.2) is 0 Å². The van der Waals surface area contributed by atoms with Crippen molar-refractivity contribution in [2.24, 2.45) is 5.41 Å². The summed E-state index contributed by atoms with van der Waals surface area (Å²) in [4.78, 5) is 13.0. The van der Waals surface area contributed by atoms with Crippen LogP contribution in [0.2, 0.25) is 0 Å². The standard InChI is InChI=1S/C12H25NO3/c1-5-6-12(2,10-14)9-13(3)7-11(15)8-16-4/h10-11,15H,5-9H2,1-4H3. The molecule has 0 radical (unpaired) electrons. The lowest BCUT2D eigenvalue weighted by molar-refractivity contribution is -0.116. The van der Waals surface area contributed by atoms with Gasteiger partial charge in [-0.3, -0.25) is 0 Å². The van der Waals surface area contributed by atoms with E-state index < -0.39 is 6.10 Å². The van der Waals surface area contributed by atoms with Gasteiger partial charge in [0.15, 0.2) is 0 Å². The second-order valence-electron chi connectivity index (χ2n) is 4.83. The van der Waals surface area contributed by atoms with E-state index >= 15 is 0 Å². The molecule has 0 saturated heterocycles. The fourth-order valence-electron chi connectivity index (χ4n) is 2.03. The highest BCUT2D eigenvalue weighted by Gasteiger charge is 2.25. The lowest BCUT2D eigenvalue weighted by Crippen LogP contribution is -2.39. The Kier molecular flexibility index (Phi) is 7.55. The minimum atomic E-state index is -0.493. The smallest absolute Gasteiger partial charge is 0.127 e. The number of likely N-dealkylation sites (N-methyl/N-ethyl adjacent to an activating group) is 1. The van der Waals surface area contributed by atoms with E-state index in [-0.39, 0.29) is 5.41 Å². The maximum atomic E-state index is 11.0. The van der Waals surface area contributed by atoms with Gasteiger partial charge in [-0.15, -0.1) is 0 Å². The molecule has 4 heteroatoms. The third kappa shape index (κ3) is 6.20. The minimum Gasteiger partial charge on any atom is -0.389 e. The van der Waals surface area contributed by atoms with Crippen LogP contribution in [-0.4, -0.2) is 56.3 Å². The normalized spacial score (nSPS) is 17.1. The predicted molar refractivity (Wildman–Crippen MR) is 64.5 cm³/mol. The Hall–Kier alpha value is -0.450. The highest BCUT2D eigenvalue weighted by molar-refractivity contribution is 5.58. The number of aldehydes is 1. The van der Waals surface area contributed by atoms with Gasteiger partial charge in [-0.05, 0) is 13.5 Å². The number of ether oxygens (including phenoxy) is 1. The van der Waals surface area contributed by atoms with Crippen molar-refractivity contribution in [3.63, 3.8) is 0 Å². The number of carbonyl (C=O) groups excluding carboxylic acids is 1. The van der Waals surface area contributed by atoms with Crippen LogP contribution < -0.4 is 0 Å². The molecular weight excluding hydrogens is 206 g/mol. The second kappa shape index (κ2) is 7.76. The molecule has 0 spiro atoms. The first-order chi connectivity index (χ1) is 7.47. The molecule has 0 amide bonds. The summed E-state index contributed by atoms with van der Waals surface area (Å²) in [7, 11) is 3.48. The van der Waals surface area contributed by atoms with E-state index in [1.807, 2.05) is 18.9 Å². The number of carbonyl (C=O) groups is 1. The zero-order valence-corrected chi connectivity index (χ0v) is 10.9. The summed E-state index contributed by atoms with van der Waals surface area (Å²) < 4.78 is 4.86. The third-order valence-electron chi connectivity index (χ3n) is 2.62. The Morgan fingerprint density at radius 2 is 2.19 bits per heavy atom. The van der Waals surface area contributed by atoms with Crippen LogP contribution in [0.5, 0.6) is 0 Å². The topological polar surface area (TPSA) is 49.8 Å². The predicted octanol–water partition coefficient (Wildman–Crippen LogP) is 0.931. The molecule has 0 aromatic rings. The Morgan fingerprint density at radius 1 is 1.56 bits per heavy atom. The number of hydrogen-bond acceptors (Lipinski definition) is 4. The average molecular weight is 231 g/mol. The van der Waals surface area contributed by atoms with E-state index in [0.717, 1.165) is 19.1 Å². The molecule has 0 aliphatic rings. The Morgan fingerprint density at radius 3 is 2.62 bits per heavy atom. The van der Waals surface area contributed by atoms with Crippen molar-refractivity contribution in [3.05, 3.63) is 0 Å². The molecular formula is C12H25NO3. The molecule has 0 aromatic carbocycles. The van der Waals surface area contributed by atoms with Crippen molar-refractivity contribution in [1.82, 2.24) is 4.90 Å². The fraction of sp³-hybridized carbons (Fsp3) is 0.917. The van der Waals surface area contributed by atoms with Crippen LogP contribution in [0, 0.1) is 5.41 Å². The molecule has 2 atom stereocenters. The summed E-state index contributed by atoms with van der Waals surface area (Å²) in [5.41, 5.74) is -0.309. The van der Waals surface area contributed by atoms with Gasteiger partial charge in [-0.1, -0.05) is 20.3 Å². The van der Waals surface area contributed by atoms with Crippen LogP contribution in [-0.2, 0) is 9.53 Å². The Balaban J connectivity index is 4.09. The van der Waals surface area contributed by atoms with Crippen LogP contribution in [0.25, 0.3) is 0 Å². The Labute approximate surface area is 98.6 Å². The lowest BCUT2D eigenvalue weighted by atomic mass is 9.87. The van der Waals surface area contributed by atoms with Crippen molar-refractivity contribution in [3.8, 4) is 0 Å². The molecule has 4 nitrogen and oxygen atoms in total. The van der Waals surface area contributed by atoms with Gasteiger partial charge in [0.1, 0.15) is 6.29 Å². The van der Waals surface area contributed by atoms with Gasteiger partial charge < -0.3 is 19.5 Å². The van der Waals surface area contributed by atoms with E-state index in [9.17, 15) is 9.90 Å². The van der Waals surface area contributed by atoms with Crippen LogP contribution >= 0.6 is 0 Å². The third-order valence-corrected chi connectivity index (χ3v) is 2.62. The summed E-state index contributed by atoms with van der Waals surface area (Å²) in [6.45, 7) is 5.56. The van der Waals surface area contributed by atoms with Gasteiger partial charge in [-0.2, -0.15) is 0 Å². The zero-order chi connectivity index (χ0) is 12.6. The zero-order valence-electron chi connectivity index (χ0n) is 10.9. The van der Waals surface area contributed by atoms with E-state index in [2.05, 4.69) is 6.92 Å². The van der Waals surface area contributed by atoms with E-state index in [0.29, 0.717) is 19.7 Å². The molecule has 0 fully saturated rings. The minimum absolute atomic E-state index is 0.309. The highest BCUT2D eigenvalue weighted by Crippen LogP contribution is 2.21. The quantitative estimate of drug-likeness (QED) is 0.600. The Bertz CT molecular complexity index is 199. The van der Waals surface area contributed by atoms with E-state index in [1.54, 1.807) is 7.11 Å². The lowest BCUT2D eigenvalue weighted by Gasteiger charge is -2.29. The number of nitrogens with zero attached hydrogens (tertiary/aromatic N) is 1. The summed E-state index contributed by atoms with van der Waals surface area (Å²) >= 11 is 0. The molecule has 1 N–H and O–H groups in total. The monoisotopic (exact) mass is 231 g/mol. The number of aliphatic hydroxyl groups excluding tert-OH is 1. The average Bonchev–Trinajstić information content (AvgIpc) is 2.17. The largest absolute Gasteiger partial charge is 0.389 e. The van der Waals surface area contributed by atoms with Gasteiger partial charge in [0, 0.05) is 25.6 Å². The maximum absolute atomic E-state index is 11.0. The molecule has 96 valence electrons. The number of aliphatic hydroxyl groups is 1. The second-order valence-corrected chi connectivity index (χ2v) is 4.83. The summed E-state index contributed by atoms with van der Waals surface area (Å²) in [6.07, 6.45) is 2.40. The first kappa shape index (κ1) is 15.6. The number of methoxy groups -OCH3 is 1. The summed E-state index contributed by atoms with van der Waals surface area (Å²) in [6, 6.07) is 0. The van der Waals surface area contributed by atoms with Crippen molar-refractivity contribution in [2.75, 3.05) is 33.9 Å². The van der Waals surface area contributed by atoms with Gasteiger partial charge in [0.2, 0.25) is 0 Å². The van der Waals surface area contributed by atoms with Gasteiger partial charge in [0.05, 0.1) is 12.7 Å². The summed E-state index contributed by atoms with van der Waals surface area (Å²) in [5, 5.41) is 9.56. The maximum Gasteiger partial charge on any atom is 0.127 e. The molecule has 0 heterocycles. The van der Waals surface area contributed by atoms with E-state index in [4.69, 9.17) is 4.74 Å². The highest BCUT2D eigenvalue weighted by atomic mass is 16.5. The van der Waals surface area contributed by atoms with Crippen molar-refractivity contribution >= 4 is 6.29 Å². The van der Waals surface area contributed by atoms with Gasteiger partial charge in [0.25, 0.3) is 0 Å². The molecule has 0 aliphatic carbocycles. The number of rotatable bonds is 9. The van der Waals surface area contributed by atoms with Gasteiger partial charge >= 0.3 is 0 Å².